The normalized spacial score (nSPS) is 12.2. The van der Waals surface area contributed by atoms with Crippen LogP contribution in [0.4, 0.5) is 5.69 Å². The largest absolute Gasteiger partial charge is 0.354 e. The highest BCUT2D eigenvalue weighted by Gasteiger charge is 2.33. The molecule has 0 aliphatic heterocycles. The number of nitrogens with zero attached hydrogens (tertiary/aromatic N) is 2. The van der Waals surface area contributed by atoms with Gasteiger partial charge in [-0.1, -0.05) is 86.0 Å². The summed E-state index contributed by atoms with van der Waals surface area (Å²) in [5.41, 5.74) is 4.22. The van der Waals surface area contributed by atoms with Crippen molar-refractivity contribution < 1.29 is 18.0 Å². The third-order valence-electron chi connectivity index (χ3n) is 6.75. The Bertz CT molecular complexity index is 1380. The van der Waals surface area contributed by atoms with Crippen LogP contribution in [-0.4, -0.2) is 44.3 Å². The summed E-state index contributed by atoms with van der Waals surface area (Å²) in [5, 5.41) is 2.95. The summed E-state index contributed by atoms with van der Waals surface area (Å²) in [5.74, 6) is -0.456. The van der Waals surface area contributed by atoms with Gasteiger partial charge < -0.3 is 10.2 Å². The van der Waals surface area contributed by atoms with E-state index in [1.54, 1.807) is 36.4 Å². The van der Waals surface area contributed by atoms with E-state index in [-0.39, 0.29) is 23.3 Å². The van der Waals surface area contributed by atoms with Crippen molar-refractivity contribution in [1.82, 2.24) is 10.2 Å². The standard InChI is InChI=1S/C32H41N3O4S/c1-7-30(32(37)33-20-23(2)3)34(21-27-14-8-24(4)9-15-27)31(36)22-35(28-16-10-25(5)11-17-28)40(38,39)29-18-12-26(6)13-19-29/h8-19,23,30H,7,20-22H2,1-6H3,(H,33,37). The average molecular weight is 564 g/mol. The van der Waals surface area contributed by atoms with Gasteiger partial charge in [0.25, 0.3) is 10.0 Å². The van der Waals surface area contributed by atoms with E-state index in [1.807, 2.05) is 77.9 Å². The molecule has 8 heteroatoms. The molecule has 0 radical (unpaired) electrons. The molecular formula is C32H41N3O4S. The molecule has 0 aliphatic carbocycles. The molecule has 2 amide bonds. The Kier molecular flexibility index (Phi) is 10.5. The number of anilines is 1. The highest BCUT2D eigenvalue weighted by Crippen LogP contribution is 2.25. The number of amides is 2. The minimum atomic E-state index is -4.08. The van der Waals surface area contributed by atoms with E-state index < -0.39 is 28.5 Å². The molecule has 0 saturated heterocycles. The molecule has 7 nitrogen and oxygen atoms in total. The summed E-state index contributed by atoms with van der Waals surface area (Å²) in [4.78, 5) is 29.0. The predicted octanol–water partition coefficient (Wildman–Crippen LogP) is 5.39. The lowest BCUT2D eigenvalue weighted by Gasteiger charge is -2.33. The SMILES string of the molecule is CCC(C(=O)NCC(C)C)N(Cc1ccc(C)cc1)C(=O)CN(c1ccc(C)cc1)S(=O)(=O)c1ccc(C)cc1. The van der Waals surface area contributed by atoms with Crippen molar-refractivity contribution in [1.29, 1.82) is 0 Å². The molecule has 3 aromatic carbocycles. The third kappa shape index (κ3) is 7.94. The van der Waals surface area contributed by atoms with Crippen molar-refractivity contribution in [3.05, 3.63) is 95.1 Å². The van der Waals surface area contributed by atoms with E-state index in [1.165, 1.54) is 4.90 Å². The number of benzene rings is 3. The molecule has 214 valence electrons. The fraction of sp³-hybridized carbons (Fsp3) is 0.375. The fourth-order valence-electron chi connectivity index (χ4n) is 4.31. The zero-order chi connectivity index (χ0) is 29.4. The van der Waals surface area contributed by atoms with E-state index in [9.17, 15) is 18.0 Å². The summed E-state index contributed by atoms with van der Waals surface area (Å²) >= 11 is 0. The first-order chi connectivity index (χ1) is 18.9. The van der Waals surface area contributed by atoms with Gasteiger partial charge in [-0.2, -0.15) is 0 Å². The zero-order valence-corrected chi connectivity index (χ0v) is 25.2. The van der Waals surface area contributed by atoms with Crippen LogP contribution in [0.5, 0.6) is 0 Å². The van der Waals surface area contributed by atoms with Crippen LogP contribution in [0.2, 0.25) is 0 Å². The van der Waals surface area contributed by atoms with Crippen LogP contribution >= 0.6 is 0 Å². The van der Waals surface area contributed by atoms with Crippen LogP contribution < -0.4 is 9.62 Å². The monoisotopic (exact) mass is 563 g/mol. The second-order valence-electron chi connectivity index (χ2n) is 10.7. The van der Waals surface area contributed by atoms with Gasteiger partial charge in [-0.25, -0.2) is 8.42 Å². The average Bonchev–Trinajstić information content (AvgIpc) is 2.92. The zero-order valence-electron chi connectivity index (χ0n) is 24.3. The van der Waals surface area contributed by atoms with Gasteiger partial charge in [0.05, 0.1) is 10.6 Å². The van der Waals surface area contributed by atoms with Crippen LogP contribution in [0, 0.1) is 26.7 Å². The number of sulfonamides is 1. The van der Waals surface area contributed by atoms with Gasteiger partial charge in [-0.05, 0) is 62.9 Å². The van der Waals surface area contributed by atoms with Gasteiger partial charge in [-0.15, -0.1) is 0 Å². The van der Waals surface area contributed by atoms with Crippen molar-refractivity contribution in [3.8, 4) is 0 Å². The van der Waals surface area contributed by atoms with Crippen molar-refractivity contribution in [2.45, 2.75) is 65.4 Å². The fourth-order valence-corrected chi connectivity index (χ4v) is 5.72. The highest BCUT2D eigenvalue weighted by atomic mass is 32.2. The van der Waals surface area contributed by atoms with Crippen LogP contribution in [0.25, 0.3) is 0 Å². The molecule has 0 fully saturated rings. The number of carbonyl (C=O) groups excluding carboxylic acids is 2. The molecule has 0 aliphatic rings. The molecule has 0 saturated carbocycles. The van der Waals surface area contributed by atoms with Crippen molar-refractivity contribution in [2.75, 3.05) is 17.4 Å². The molecule has 1 unspecified atom stereocenters. The molecular weight excluding hydrogens is 522 g/mol. The molecule has 1 atom stereocenters. The molecule has 0 spiro atoms. The summed E-state index contributed by atoms with van der Waals surface area (Å²) in [6, 6.07) is 20.6. The maximum Gasteiger partial charge on any atom is 0.264 e. The van der Waals surface area contributed by atoms with Gasteiger partial charge in [0.2, 0.25) is 11.8 Å². The Morgan fingerprint density at radius 3 is 1.80 bits per heavy atom. The lowest BCUT2D eigenvalue weighted by atomic mass is 10.1. The lowest BCUT2D eigenvalue weighted by Crippen LogP contribution is -2.52. The Morgan fingerprint density at radius 2 is 1.30 bits per heavy atom. The Labute approximate surface area is 239 Å². The summed E-state index contributed by atoms with van der Waals surface area (Å²) in [7, 11) is -4.08. The van der Waals surface area contributed by atoms with Gasteiger partial charge in [0, 0.05) is 13.1 Å². The van der Waals surface area contributed by atoms with E-state index in [4.69, 9.17) is 0 Å². The first kappa shape index (κ1) is 30.9. The second kappa shape index (κ2) is 13.6. The molecule has 40 heavy (non-hydrogen) atoms. The number of nitrogens with one attached hydrogen (secondary N) is 1. The first-order valence-corrected chi connectivity index (χ1v) is 15.1. The third-order valence-corrected chi connectivity index (χ3v) is 8.54. The lowest BCUT2D eigenvalue weighted by molar-refractivity contribution is -0.140. The van der Waals surface area contributed by atoms with Crippen LogP contribution in [0.3, 0.4) is 0 Å². The summed E-state index contributed by atoms with van der Waals surface area (Å²) in [6.45, 7) is 11.9. The number of hydrogen-bond donors (Lipinski definition) is 1. The van der Waals surface area contributed by atoms with E-state index in [0.717, 1.165) is 26.6 Å². The topological polar surface area (TPSA) is 86.8 Å². The molecule has 3 rings (SSSR count). The number of hydrogen-bond acceptors (Lipinski definition) is 4. The van der Waals surface area contributed by atoms with Crippen LogP contribution in [0.1, 0.15) is 49.4 Å². The van der Waals surface area contributed by atoms with E-state index in [0.29, 0.717) is 18.7 Å². The number of carbonyl (C=O) groups is 2. The van der Waals surface area contributed by atoms with Crippen molar-refractivity contribution >= 4 is 27.5 Å². The number of aryl methyl sites for hydroxylation is 3. The van der Waals surface area contributed by atoms with Gasteiger partial charge >= 0.3 is 0 Å². The van der Waals surface area contributed by atoms with Crippen LogP contribution in [-0.2, 0) is 26.2 Å². The predicted molar refractivity (Wildman–Crippen MR) is 161 cm³/mol. The van der Waals surface area contributed by atoms with Crippen molar-refractivity contribution in [3.63, 3.8) is 0 Å². The molecule has 1 N–H and O–H groups in total. The smallest absolute Gasteiger partial charge is 0.264 e. The summed E-state index contributed by atoms with van der Waals surface area (Å²) in [6.07, 6.45) is 0.386. The van der Waals surface area contributed by atoms with Crippen LogP contribution in [0.15, 0.2) is 77.7 Å². The minimum absolute atomic E-state index is 0.0956. The maximum atomic E-state index is 14.1. The minimum Gasteiger partial charge on any atom is -0.354 e. The quantitative estimate of drug-likeness (QED) is 0.320. The Morgan fingerprint density at radius 1 is 0.800 bits per heavy atom. The Balaban J connectivity index is 2.03. The maximum absolute atomic E-state index is 14.1. The summed E-state index contributed by atoms with van der Waals surface area (Å²) < 4.78 is 29.0. The molecule has 0 heterocycles. The molecule has 3 aromatic rings. The van der Waals surface area contributed by atoms with Gasteiger partial charge in [-0.3, -0.25) is 13.9 Å². The van der Waals surface area contributed by atoms with Gasteiger partial charge in [0.1, 0.15) is 12.6 Å². The van der Waals surface area contributed by atoms with Crippen molar-refractivity contribution in [2.24, 2.45) is 5.92 Å². The van der Waals surface area contributed by atoms with E-state index >= 15 is 0 Å². The second-order valence-corrected chi connectivity index (χ2v) is 12.6. The molecule has 0 aromatic heterocycles. The van der Waals surface area contributed by atoms with Gasteiger partial charge in [0.15, 0.2) is 0 Å². The first-order valence-electron chi connectivity index (χ1n) is 13.7. The highest BCUT2D eigenvalue weighted by molar-refractivity contribution is 7.92. The number of rotatable bonds is 12. The Hall–Kier alpha value is -3.65. The van der Waals surface area contributed by atoms with E-state index in [2.05, 4.69) is 5.32 Å². The molecule has 0 bridgehead atoms.